The molecule has 0 amide bonds. The first-order valence-electron chi connectivity index (χ1n) is 5.83. The molecule has 0 aliphatic rings. The van der Waals surface area contributed by atoms with Gasteiger partial charge in [0.05, 0.1) is 10.0 Å². The standard InChI is InChI=1S/C14H12Cl3FN2/c1-14(19,6-8-2-3-20-7-12(8)17)9-4-13(18)11(16)5-10(9)15/h2-5,7H,6,19H2,1H3. The number of hydrogen-bond donors (Lipinski definition) is 1. The van der Waals surface area contributed by atoms with Gasteiger partial charge in [-0.15, -0.1) is 0 Å². The van der Waals surface area contributed by atoms with E-state index in [9.17, 15) is 4.39 Å². The first-order valence-corrected chi connectivity index (χ1v) is 6.97. The first kappa shape index (κ1) is 15.5. The molecule has 0 saturated carbocycles. The van der Waals surface area contributed by atoms with Gasteiger partial charge >= 0.3 is 0 Å². The van der Waals surface area contributed by atoms with E-state index in [1.807, 2.05) is 0 Å². The molecule has 0 radical (unpaired) electrons. The van der Waals surface area contributed by atoms with Gasteiger partial charge in [0.25, 0.3) is 0 Å². The van der Waals surface area contributed by atoms with E-state index in [0.29, 0.717) is 22.0 Å². The lowest BCUT2D eigenvalue weighted by Gasteiger charge is -2.27. The maximum Gasteiger partial charge on any atom is 0.142 e. The second kappa shape index (κ2) is 5.86. The van der Waals surface area contributed by atoms with E-state index in [-0.39, 0.29) is 5.02 Å². The third-order valence-corrected chi connectivity index (χ3v) is 3.98. The molecule has 0 fully saturated rings. The Morgan fingerprint density at radius 2 is 1.90 bits per heavy atom. The number of pyridine rings is 1. The molecular formula is C14H12Cl3FN2. The van der Waals surface area contributed by atoms with E-state index in [4.69, 9.17) is 40.5 Å². The Labute approximate surface area is 131 Å². The second-order valence-electron chi connectivity index (χ2n) is 4.81. The van der Waals surface area contributed by atoms with Gasteiger partial charge in [-0.1, -0.05) is 34.8 Å². The zero-order chi connectivity index (χ0) is 14.9. The van der Waals surface area contributed by atoms with Crippen LogP contribution in [0, 0.1) is 5.82 Å². The van der Waals surface area contributed by atoms with Crippen LogP contribution in [0.1, 0.15) is 18.1 Å². The van der Waals surface area contributed by atoms with Gasteiger partial charge in [0.2, 0.25) is 0 Å². The minimum absolute atomic E-state index is 0.0310. The molecule has 0 bridgehead atoms. The number of benzene rings is 1. The Hall–Kier alpha value is -0.870. The molecule has 0 aliphatic carbocycles. The van der Waals surface area contributed by atoms with Gasteiger partial charge in [0.15, 0.2) is 0 Å². The summed E-state index contributed by atoms with van der Waals surface area (Å²) in [6.07, 6.45) is 3.56. The van der Waals surface area contributed by atoms with Gasteiger partial charge in [-0.2, -0.15) is 0 Å². The van der Waals surface area contributed by atoms with Crippen molar-refractivity contribution < 1.29 is 4.39 Å². The molecule has 1 aromatic carbocycles. The zero-order valence-corrected chi connectivity index (χ0v) is 12.9. The van der Waals surface area contributed by atoms with Crippen molar-refractivity contribution in [2.75, 3.05) is 0 Å². The third-order valence-electron chi connectivity index (χ3n) is 3.04. The molecule has 6 heteroatoms. The largest absolute Gasteiger partial charge is 0.321 e. The lowest BCUT2D eigenvalue weighted by molar-refractivity contribution is 0.486. The summed E-state index contributed by atoms with van der Waals surface area (Å²) < 4.78 is 13.6. The van der Waals surface area contributed by atoms with Crippen molar-refractivity contribution in [1.29, 1.82) is 0 Å². The highest BCUT2D eigenvalue weighted by Crippen LogP contribution is 2.33. The Kier molecular flexibility index (Phi) is 4.55. The van der Waals surface area contributed by atoms with Crippen LogP contribution in [0.5, 0.6) is 0 Å². The van der Waals surface area contributed by atoms with E-state index in [1.165, 1.54) is 18.3 Å². The minimum Gasteiger partial charge on any atom is -0.321 e. The van der Waals surface area contributed by atoms with Crippen molar-refractivity contribution >= 4 is 34.8 Å². The molecule has 2 rings (SSSR count). The van der Waals surface area contributed by atoms with Gasteiger partial charge in [-0.3, -0.25) is 4.98 Å². The highest BCUT2D eigenvalue weighted by Gasteiger charge is 2.26. The molecule has 2 nitrogen and oxygen atoms in total. The average Bonchev–Trinajstić information content (AvgIpc) is 2.36. The molecule has 106 valence electrons. The number of halogens is 4. The molecule has 20 heavy (non-hydrogen) atoms. The topological polar surface area (TPSA) is 38.9 Å². The maximum absolute atomic E-state index is 13.6. The van der Waals surface area contributed by atoms with Crippen LogP contribution in [0.15, 0.2) is 30.6 Å². The van der Waals surface area contributed by atoms with Gasteiger partial charge in [-0.05, 0) is 42.7 Å². The van der Waals surface area contributed by atoms with Gasteiger partial charge in [0, 0.05) is 23.0 Å². The van der Waals surface area contributed by atoms with Gasteiger partial charge < -0.3 is 5.73 Å². The molecular weight excluding hydrogens is 322 g/mol. The molecule has 2 aromatic rings. The lowest BCUT2D eigenvalue weighted by atomic mass is 9.86. The van der Waals surface area contributed by atoms with E-state index < -0.39 is 11.4 Å². The normalized spacial score (nSPS) is 14.1. The molecule has 0 aliphatic heterocycles. The molecule has 1 aromatic heterocycles. The summed E-state index contributed by atoms with van der Waals surface area (Å²) in [6, 6.07) is 4.39. The smallest absolute Gasteiger partial charge is 0.142 e. The van der Waals surface area contributed by atoms with E-state index in [1.54, 1.807) is 19.2 Å². The molecule has 0 spiro atoms. The summed E-state index contributed by atoms with van der Waals surface area (Å²) in [5, 5.41) is 0.804. The maximum atomic E-state index is 13.6. The average molecular weight is 334 g/mol. The molecule has 1 atom stereocenters. The summed E-state index contributed by atoms with van der Waals surface area (Å²) in [4.78, 5) is 3.91. The number of hydrogen-bond acceptors (Lipinski definition) is 2. The van der Waals surface area contributed by atoms with Gasteiger partial charge in [-0.25, -0.2) is 4.39 Å². The van der Waals surface area contributed by atoms with E-state index in [0.717, 1.165) is 5.56 Å². The lowest BCUT2D eigenvalue weighted by Crippen LogP contribution is -2.36. The summed E-state index contributed by atoms with van der Waals surface area (Å²) >= 11 is 17.9. The number of nitrogens with zero attached hydrogens (tertiary/aromatic N) is 1. The van der Waals surface area contributed by atoms with Crippen molar-refractivity contribution in [1.82, 2.24) is 4.98 Å². The van der Waals surface area contributed by atoms with Crippen LogP contribution >= 0.6 is 34.8 Å². The number of rotatable bonds is 3. The SMILES string of the molecule is CC(N)(Cc1ccncc1Cl)c1cc(F)c(Cl)cc1Cl. The number of nitrogens with two attached hydrogens (primary N) is 1. The van der Waals surface area contributed by atoms with Crippen LogP contribution in [0.3, 0.4) is 0 Å². The fourth-order valence-corrected chi connectivity index (χ4v) is 2.78. The van der Waals surface area contributed by atoms with Crippen LogP contribution in [-0.2, 0) is 12.0 Å². The highest BCUT2D eigenvalue weighted by molar-refractivity contribution is 6.35. The van der Waals surface area contributed by atoms with E-state index in [2.05, 4.69) is 4.98 Å². The Balaban J connectivity index is 2.40. The fraction of sp³-hybridized carbons (Fsp3) is 0.214. The predicted molar refractivity (Wildman–Crippen MR) is 80.9 cm³/mol. The monoisotopic (exact) mass is 332 g/mol. The summed E-state index contributed by atoms with van der Waals surface area (Å²) in [6.45, 7) is 1.76. The zero-order valence-electron chi connectivity index (χ0n) is 10.6. The molecule has 0 saturated heterocycles. The van der Waals surface area contributed by atoms with Crippen LogP contribution in [0.2, 0.25) is 15.1 Å². The highest BCUT2D eigenvalue weighted by atomic mass is 35.5. The summed E-state index contributed by atoms with van der Waals surface area (Å²) in [5.74, 6) is -0.552. The first-order chi connectivity index (χ1) is 9.31. The summed E-state index contributed by atoms with van der Waals surface area (Å²) in [7, 11) is 0. The van der Waals surface area contributed by atoms with Gasteiger partial charge in [0.1, 0.15) is 5.82 Å². The van der Waals surface area contributed by atoms with E-state index >= 15 is 0 Å². The van der Waals surface area contributed by atoms with Crippen LogP contribution in [0.4, 0.5) is 4.39 Å². The predicted octanol–water partition coefficient (Wildman–Crippen LogP) is 4.60. The van der Waals surface area contributed by atoms with Crippen molar-refractivity contribution in [3.63, 3.8) is 0 Å². The quantitative estimate of drug-likeness (QED) is 0.834. The molecule has 2 N–H and O–H groups in total. The van der Waals surface area contributed by atoms with Crippen LogP contribution < -0.4 is 5.73 Å². The van der Waals surface area contributed by atoms with Crippen molar-refractivity contribution in [2.24, 2.45) is 5.73 Å². The third kappa shape index (κ3) is 3.23. The van der Waals surface area contributed by atoms with Crippen molar-refractivity contribution in [3.05, 3.63) is 62.6 Å². The molecule has 1 heterocycles. The summed E-state index contributed by atoms with van der Waals surface area (Å²) in [5.41, 5.74) is 6.70. The fourth-order valence-electron chi connectivity index (χ4n) is 2.00. The van der Waals surface area contributed by atoms with Crippen molar-refractivity contribution in [2.45, 2.75) is 18.9 Å². The second-order valence-corrected chi connectivity index (χ2v) is 6.03. The number of aromatic nitrogens is 1. The van der Waals surface area contributed by atoms with Crippen molar-refractivity contribution in [3.8, 4) is 0 Å². The molecule has 1 unspecified atom stereocenters. The minimum atomic E-state index is -0.881. The Morgan fingerprint density at radius 1 is 1.20 bits per heavy atom. The van der Waals surface area contributed by atoms with Crippen LogP contribution in [0.25, 0.3) is 0 Å². The van der Waals surface area contributed by atoms with Crippen LogP contribution in [-0.4, -0.2) is 4.98 Å². The Morgan fingerprint density at radius 3 is 2.55 bits per heavy atom. The Bertz CT molecular complexity index is 644.